The van der Waals surface area contributed by atoms with E-state index in [0.717, 1.165) is 5.30 Å². The first-order valence-electron chi connectivity index (χ1n) is 4.56. The molecule has 0 spiro atoms. The zero-order valence-corrected chi connectivity index (χ0v) is 9.08. The Labute approximate surface area is 85.2 Å². The lowest BCUT2D eigenvalue weighted by Gasteiger charge is -2.08. The smallest absolute Gasteiger partial charge is 0.144 e. The molecule has 0 radical (unpaired) electrons. The number of hydrogen-bond acceptors (Lipinski definition) is 3. The van der Waals surface area contributed by atoms with Crippen molar-refractivity contribution in [3.8, 4) is 0 Å². The summed E-state index contributed by atoms with van der Waals surface area (Å²) in [5.41, 5.74) is 11.1. The van der Waals surface area contributed by atoms with Gasteiger partial charge in [0, 0.05) is 6.42 Å². The predicted molar refractivity (Wildman–Crippen MR) is 60.5 cm³/mol. The van der Waals surface area contributed by atoms with E-state index in [2.05, 4.69) is 0 Å². The van der Waals surface area contributed by atoms with Crippen molar-refractivity contribution in [1.29, 1.82) is 0 Å². The van der Waals surface area contributed by atoms with Crippen LogP contribution in [0.3, 0.4) is 0 Å². The molecule has 4 N–H and O–H groups in total. The van der Waals surface area contributed by atoms with Gasteiger partial charge in [0.25, 0.3) is 0 Å². The molecular formula is C10H15N2OP. The van der Waals surface area contributed by atoms with E-state index in [9.17, 15) is 4.89 Å². The van der Waals surface area contributed by atoms with Gasteiger partial charge in [-0.15, -0.1) is 0 Å². The van der Waals surface area contributed by atoms with Crippen LogP contribution in [0.15, 0.2) is 30.3 Å². The monoisotopic (exact) mass is 210 g/mol. The molecule has 0 aliphatic carbocycles. The van der Waals surface area contributed by atoms with E-state index in [0.29, 0.717) is 11.7 Å². The molecule has 0 aromatic heterocycles. The maximum atomic E-state index is 12.0. The third-order valence-electron chi connectivity index (χ3n) is 2.00. The fraction of sp³-hybridized carbons (Fsp3) is 0.300. The lowest BCUT2D eigenvalue weighted by atomic mass is 10.3. The van der Waals surface area contributed by atoms with E-state index in [4.69, 9.17) is 11.5 Å². The molecule has 0 amide bonds. The molecule has 0 aliphatic heterocycles. The van der Waals surface area contributed by atoms with Gasteiger partial charge in [-0.1, -0.05) is 25.1 Å². The topological polar surface area (TPSA) is 75.1 Å². The van der Waals surface area contributed by atoms with Gasteiger partial charge < -0.3 is 16.4 Å². The van der Waals surface area contributed by atoms with Crippen LogP contribution >= 0.6 is 7.77 Å². The van der Waals surface area contributed by atoms with Gasteiger partial charge in [0.2, 0.25) is 0 Å². The predicted octanol–water partition coefficient (Wildman–Crippen LogP) is -0.105. The molecule has 3 nitrogen and oxygen atoms in total. The van der Waals surface area contributed by atoms with Crippen LogP contribution in [0.1, 0.15) is 13.3 Å². The third-order valence-corrected chi connectivity index (χ3v) is 3.90. The minimum absolute atomic E-state index is 0.594. The summed E-state index contributed by atoms with van der Waals surface area (Å²) in [5, 5.41) is 1.51. The number of benzene rings is 1. The van der Waals surface area contributed by atoms with Gasteiger partial charge in [0.1, 0.15) is 16.8 Å². The van der Waals surface area contributed by atoms with Gasteiger partial charge in [-0.3, -0.25) is 0 Å². The Hall–Kier alpha value is -0.730. The minimum atomic E-state index is -1.56. The van der Waals surface area contributed by atoms with Crippen LogP contribution in [0.25, 0.3) is 0 Å². The zero-order valence-electron chi connectivity index (χ0n) is 8.18. The molecule has 0 bridgehead atoms. The quantitative estimate of drug-likeness (QED) is 0.540. The van der Waals surface area contributed by atoms with Gasteiger partial charge in [-0.05, 0) is 12.1 Å². The van der Waals surface area contributed by atoms with Gasteiger partial charge in [0.05, 0.1) is 7.77 Å². The molecule has 1 unspecified atom stereocenters. The molecule has 76 valence electrons. The molecule has 1 rings (SSSR count). The highest BCUT2D eigenvalue weighted by Crippen LogP contribution is 2.15. The van der Waals surface area contributed by atoms with Crippen molar-refractivity contribution < 1.29 is 4.89 Å². The molecule has 1 aromatic carbocycles. The van der Waals surface area contributed by atoms with Crippen LogP contribution in [-0.2, 0) is 0 Å². The normalized spacial score (nSPS) is 12.9. The molecule has 0 fully saturated rings. The molecule has 1 atom stereocenters. The summed E-state index contributed by atoms with van der Waals surface area (Å²) in [7, 11) is -1.56. The van der Waals surface area contributed by atoms with Crippen LogP contribution in [0.5, 0.6) is 0 Å². The van der Waals surface area contributed by atoms with E-state index in [1.54, 1.807) is 0 Å². The van der Waals surface area contributed by atoms with E-state index >= 15 is 0 Å². The van der Waals surface area contributed by atoms with Crippen LogP contribution < -0.4 is 21.7 Å². The van der Waals surface area contributed by atoms with Gasteiger partial charge >= 0.3 is 0 Å². The summed E-state index contributed by atoms with van der Waals surface area (Å²) < 4.78 is 0. The van der Waals surface area contributed by atoms with Crippen LogP contribution in [0, 0.1) is 0 Å². The van der Waals surface area contributed by atoms with Gasteiger partial charge in [-0.25, -0.2) is 0 Å². The SMILES string of the molecule is CCC(C(N)N)=[P+]([O-])c1ccccc1. The lowest BCUT2D eigenvalue weighted by molar-refractivity contribution is -0.149. The minimum Gasteiger partial charge on any atom is -0.626 e. The van der Waals surface area contributed by atoms with Crippen molar-refractivity contribution in [2.75, 3.05) is 0 Å². The first-order valence-corrected chi connectivity index (χ1v) is 5.82. The Balaban J connectivity index is 3.08. The summed E-state index contributed by atoms with van der Waals surface area (Å²) in [6.45, 7) is 1.91. The number of hydrogen-bond donors (Lipinski definition) is 2. The van der Waals surface area contributed by atoms with Crippen molar-refractivity contribution in [2.24, 2.45) is 11.5 Å². The summed E-state index contributed by atoms with van der Waals surface area (Å²) in [5.74, 6) is 0. The molecule has 14 heavy (non-hydrogen) atoms. The van der Waals surface area contributed by atoms with Crippen LogP contribution in [-0.4, -0.2) is 11.5 Å². The lowest BCUT2D eigenvalue weighted by Crippen LogP contribution is -2.40. The average Bonchev–Trinajstić information content (AvgIpc) is 2.19. The van der Waals surface area contributed by atoms with Crippen molar-refractivity contribution >= 4 is 18.4 Å². The van der Waals surface area contributed by atoms with Crippen molar-refractivity contribution in [2.45, 2.75) is 19.5 Å². The number of rotatable bonds is 3. The standard InChI is InChI=1S/C10H15N2OP/c1-2-9(10(11)12)14(13)8-6-4-3-5-7-8/h3-7,10H,2,11-12H2,1H3. The molecular weight excluding hydrogens is 195 g/mol. The first kappa shape index (κ1) is 11.3. The molecule has 0 saturated carbocycles. The average molecular weight is 210 g/mol. The van der Waals surface area contributed by atoms with Crippen molar-refractivity contribution in [3.63, 3.8) is 0 Å². The van der Waals surface area contributed by atoms with Crippen LogP contribution in [0.4, 0.5) is 0 Å². The van der Waals surface area contributed by atoms with E-state index < -0.39 is 13.9 Å². The highest BCUT2D eigenvalue weighted by atomic mass is 31.1. The Morgan fingerprint density at radius 2 is 1.93 bits per heavy atom. The molecule has 0 aliphatic rings. The fourth-order valence-electron chi connectivity index (χ4n) is 1.24. The highest BCUT2D eigenvalue weighted by molar-refractivity contribution is 7.59. The second-order valence-corrected chi connectivity index (χ2v) is 4.68. The van der Waals surface area contributed by atoms with E-state index in [1.165, 1.54) is 0 Å². The van der Waals surface area contributed by atoms with Gasteiger partial charge in [-0.2, -0.15) is 0 Å². The maximum absolute atomic E-state index is 12.0. The summed E-state index contributed by atoms with van der Waals surface area (Å²) in [6.07, 6.45) is 0.0608. The van der Waals surface area contributed by atoms with Crippen molar-refractivity contribution in [3.05, 3.63) is 30.3 Å². The molecule has 1 aromatic rings. The van der Waals surface area contributed by atoms with Gasteiger partial charge in [0.15, 0.2) is 0 Å². The van der Waals surface area contributed by atoms with Crippen molar-refractivity contribution in [1.82, 2.24) is 0 Å². The Bertz CT molecular complexity index is 322. The summed E-state index contributed by atoms with van der Waals surface area (Å²) >= 11 is 0. The second-order valence-electron chi connectivity index (χ2n) is 3.00. The van der Waals surface area contributed by atoms with E-state index in [-0.39, 0.29) is 0 Å². The maximum Gasteiger partial charge on any atom is 0.144 e. The fourth-order valence-corrected chi connectivity index (χ4v) is 2.58. The van der Waals surface area contributed by atoms with Crippen LogP contribution in [0.2, 0.25) is 0 Å². The first-order chi connectivity index (χ1) is 6.66. The summed E-state index contributed by atoms with van der Waals surface area (Å²) in [6, 6.07) is 9.27. The largest absolute Gasteiger partial charge is 0.626 e. The molecule has 0 heterocycles. The molecule has 0 saturated heterocycles. The Morgan fingerprint density at radius 1 is 1.36 bits per heavy atom. The highest BCUT2D eigenvalue weighted by Gasteiger charge is 2.14. The summed E-state index contributed by atoms with van der Waals surface area (Å²) in [4.78, 5) is 12.0. The number of nitrogens with two attached hydrogens (primary N) is 2. The third kappa shape index (κ3) is 2.63. The Morgan fingerprint density at radius 3 is 2.36 bits per heavy atom. The van der Waals surface area contributed by atoms with E-state index in [1.807, 2.05) is 37.3 Å². The Kier molecular flexibility index (Phi) is 4.23. The zero-order chi connectivity index (χ0) is 10.6. The second kappa shape index (κ2) is 5.23. The molecule has 4 heteroatoms.